The first-order chi connectivity index (χ1) is 45.1. The Morgan fingerprint density at radius 1 is 0.304 bits per heavy atom. The fourth-order valence-corrected chi connectivity index (χ4v) is 29.2. The van der Waals surface area contributed by atoms with Gasteiger partial charge in [0.15, 0.2) is 0 Å². The van der Waals surface area contributed by atoms with Crippen LogP contribution in [0.5, 0.6) is 0 Å². The average Bonchev–Trinajstić information content (AvgIpc) is 1.49. The van der Waals surface area contributed by atoms with Gasteiger partial charge in [0.2, 0.25) is 0 Å². The Bertz CT molecular complexity index is 3450. The number of allylic oxidation sites excluding steroid dienone is 6. The number of imidazole rings is 1. The highest BCUT2D eigenvalue weighted by Crippen LogP contribution is 2.84. The lowest BCUT2D eigenvalue weighted by molar-refractivity contribution is -0.114. The van der Waals surface area contributed by atoms with Crippen molar-refractivity contribution in [2.45, 2.75) is 353 Å². The molecule has 0 amide bonds. The minimum absolute atomic E-state index is 0.352. The zero-order valence-corrected chi connectivity index (χ0v) is 78.2. The Labute approximate surface area is 637 Å². The van der Waals surface area contributed by atoms with Crippen LogP contribution in [0.3, 0.4) is 0 Å². The van der Waals surface area contributed by atoms with Gasteiger partial charge in [-0.15, -0.1) is 11.3 Å². The molecule has 0 aromatic carbocycles. The molecule has 6 heteroatoms. The molecule has 0 aliphatic heterocycles. The fourth-order valence-electron chi connectivity index (χ4n) is 28.4. The Kier molecular flexibility index (Phi) is 24.2. The van der Waals surface area contributed by atoms with Gasteiger partial charge in [-0.05, 0) is 296 Å². The Morgan fingerprint density at radius 3 is 0.745 bits per heavy atom. The van der Waals surface area contributed by atoms with Crippen LogP contribution in [-0.2, 0) is 14.1 Å². The van der Waals surface area contributed by atoms with Gasteiger partial charge in [0.05, 0.1) is 16.4 Å². The van der Waals surface area contributed by atoms with Crippen LogP contribution in [0.4, 0.5) is 0 Å². The highest BCUT2D eigenvalue weighted by Gasteiger charge is 2.79. The summed E-state index contributed by atoms with van der Waals surface area (Å²) in [4.78, 5) is 9.84. The maximum Gasteiger partial charge on any atom is 0.105 e. The van der Waals surface area contributed by atoms with Gasteiger partial charge in [0, 0.05) is 36.1 Å². The summed E-state index contributed by atoms with van der Waals surface area (Å²) < 4.78 is 9.68. The molecule has 5 saturated carbocycles. The van der Waals surface area contributed by atoms with E-state index >= 15 is 0 Å². The molecule has 4 aromatic rings. The van der Waals surface area contributed by atoms with Crippen LogP contribution in [0, 0.1) is 226 Å². The number of aromatic nitrogens is 4. The third kappa shape index (κ3) is 13.5. The highest BCUT2D eigenvalue weighted by atomic mass is 32.1. The van der Waals surface area contributed by atoms with E-state index in [1.165, 1.54) is 61.3 Å². The Morgan fingerprint density at radius 2 is 0.578 bits per heavy atom. The van der Waals surface area contributed by atoms with E-state index in [2.05, 4.69) is 331 Å². The molecule has 4 aromatic heterocycles. The molecule has 4 heterocycles. The van der Waals surface area contributed by atoms with Crippen molar-refractivity contribution in [3.05, 3.63) is 111 Å². The summed E-state index contributed by atoms with van der Waals surface area (Å²) in [6.45, 7) is 118. The maximum absolute atomic E-state index is 5.34. The maximum atomic E-state index is 5.34. The second-order valence-corrected chi connectivity index (χ2v) is 45.5. The van der Waals surface area contributed by atoms with E-state index in [1.54, 1.807) is 44.8 Å². The molecule has 8 aliphatic rings. The molecule has 0 spiro atoms. The summed E-state index contributed by atoms with van der Waals surface area (Å²) in [5, 5.41) is 1.17. The van der Waals surface area contributed by atoms with Crippen LogP contribution >= 0.6 is 11.3 Å². The van der Waals surface area contributed by atoms with Crippen molar-refractivity contribution in [3.63, 3.8) is 0 Å². The van der Waals surface area contributed by atoms with Crippen LogP contribution in [0.25, 0.3) is 0 Å². The molecule has 6 atom stereocenters. The predicted molar refractivity (Wildman–Crippen MR) is 450 cm³/mol. The van der Waals surface area contributed by atoms with E-state index in [1.807, 2.05) is 48.6 Å². The van der Waals surface area contributed by atoms with Crippen molar-refractivity contribution >= 4 is 11.3 Å². The summed E-state index contributed by atoms with van der Waals surface area (Å²) in [5.74, 6) is 9.30. The van der Waals surface area contributed by atoms with Crippen LogP contribution in [0.1, 0.15) is 334 Å². The lowest BCUT2D eigenvalue weighted by atomic mass is 9.45. The molecule has 6 unspecified atom stereocenters. The molecule has 0 radical (unpaired) electrons. The number of furan rings is 1. The number of thiazole rings is 1. The normalized spacial score (nSPS) is 29.6. The van der Waals surface area contributed by atoms with Crippen molar-refractivity contribution in [2.24, 2.45) is 143 Å². The molecular weight excluding hydrogens is 1260 g/mol. The van der Waals surface area contributed by atoms with Gasteiger partial charge in [-0.1, -0.05) is 241 Å². The highest BCUT2D eigenvalue weighted by molar-refractivity contribution is 7.11. The lowest BCUT2D eigenvalue weighted by Crippen LogP contribution is -2.53. The number of hydrogen-bond donors (Lipinski definition) is 0. The molecule has 8 bridgehead atoms. The largest absolute Gasteiger partial charge is 0.466 e. The van der Waals surface area contributed by atoms with Crippen LogP contribution in [0.15, 0.2) is 37.9 Å². The first kappa shape index (κ1) is 89.2. The second kappa shape index (κ2) is 27.6. The lowest BCUT2D eigenvalue weighted by Gasteiger charge is -2.59. The second-order valence-electron chi connectivity index (χ2n) is 44.1. The molecule has 0 N–H and O–H groups in total. The summed E-state index contributed by atoms with van der Waals surface area (Å²) >= 11 is 1.76. The Balaban J connectivity index is 0.000000213. The minimum atomic E-state index is 0.352. The molecular formula is C96H166N4OS. The van der Waals surface area contributed by atoms with Crippen molar-refractivity contribution in [3.8, 4) is 0 Å². The van der Waals surface area contributed by atoms with E-state index < -0.39 is 0 Å². The monoisotopic (exact) mass is 1420 g/mol. The van der Waals surface area contributed by atoms with Crippen molar-refractivity contribution in [1.29, 1.82) is 0 Å². The zero-order valence-electron chi connectivity index (χ0n) is 77.4. The third-order valence-corrected chi connectivity index (χ3v) is 35.5. The number of aryl methyl sites for hydroxylation is 7. The zero-order chi connectivity index (χ0) is 80.4. The van der Waals surface area contributed by atoms with Gasteiger partial charge in [0.25, 0.3) is 0 Å². The molecule has 102 heavy (non-hydrogen) atoms. The summed E-state index contributed by atoms with van der Waals surface area (Å²) in [7, 11) is 4.15. The number of fused-ring (bicyclic) bond motifs is 8. The van der Waals surface area contributed by atoms with Gasteiger partial charge in [0.1, 0.15) is 17.3 Å². The standard InChI is InChI=1S/C19H34.C17H32.2C15H26.C9H15N.C8H12O.C7H12N2.C6H9NS/c1-12-13(2)15-18(7,8)14(12)16(3,4)11-17(5,6)19(15,9)10;1-13(2)11-14(3,4)15(5,6)12(13)17(9,10)16(11,7)8;2*1-9-10(2)12-13(3,4)11(9)14(5,6)15(12,7)8;1-6-7(2)9(4)10(5)8(6)3;1-5-6(2)8(4)9-7(5)3;1-5-6(2)9(4)7(3)8-5;1-4-5(2)8-6(3)7-4/h14-15H,11H2,1-10H3;11-12H,1-10H3;2*11-12H,1-8H3;1-5H3;2*1-4H3;1-3H3. The fraction of sp³-hybridized carbons (Fsp3) is 0.792. The van der Waals surface area contributed by atoms with E-state index in [9.17, 15) is 0 Å². The van der Waals surface area contributed by atoms with Gasteiger partial charge >= 0.3 is 0 Å². The van der Waals surface area contributed by atoms with Gasteiger partial charge in [-0.2, -0.15) is 0 Å². The van der Waals surface area contributed by atoms with Crippen molar-refractivity contribution in [1.82, 2.24) is 19.1 Å². The molecule has 5 fully saturated rings. The smallest absolute Gasteiger partial charge is 0.105 e. The molecule has 582 valence electrons. The van der Waals surface area contributed by atoms with Crippen LogP contribution in [0.2, 0.25) is 0 Å². The third-order valence-electron chi connectivity index (χ3n) is 34.5. The van der Waals surface area contributed by atoms with Gasteiger partial charge < -0.3 is 13.6 Å². The van der Waals surface area contributed by atoms with E-state index in [4.69, 9.17) is 4.42 Å². The average molecular weight is 1420 g/mol. The topological polar surface area (TPSA) is 48.8 Å². The summed E-state index contributed by atoms with van der Waals surface area (Å²) in [5.41, 5.74) is 28.2. The molecule has 5 nitrogen and oxygen atoms in total. The van der Waals surface area contributed by atoms with E-state index in [0.717, 1.165) is 64.5 Å². The first-order valence-electron chi connectivity index (χ1n) is 40.1. The number of nitrogens with zero attached hydrogens (tertiary/aromatic N) is 4. The summed E-state index contributed by atoms with van der Waals surface area (Å²) in [6.07, 6.45) is 1.32. The summed E-state index contributed by atoms with van der Waals surface area (Å²) in [6, 6.07) is 0. The van der Waals surface area contributed by atoms with Gasteiger partial charge in [-0.25, -0.2) is 9.97 Å². The Hall–Kier alpha value is -3.38. The minimum Gasteiger partial charge on any atom is -0.466 e. The predicted octanol–water partition coefficient (Wildman–Crippen LogP) is 29.0. The molecule has 8 aliphatic carbocycles. The SMILES string of the molecule is CC1(C)C2C(C)(C)C(C)(C)C1C(C)(C)C2(C)C.CC1=C(C)C2C(C)(C)C1C(C)(C)C2(C)C.CC1=C(C)C2C(C)(C)C1C(C)(C)C2(C)C.CC1=C(C)C2C(C)(C)C1C(C)(C)CC(C)(C)C2(C)C.Cc1c(C)c(C)n(C)c1C.Cc1nc(C)c(C)s1.Cc1nc(C)n(C)c1C.Cc1oc(C)c(C)c1C. The van der Waals surface area contributed by atoms with Crippen molar-refractivity contribution < 1.29 is 4.42 Å². The first-order valence-corrected chi connectivity index (χ1v) is 41.0. The van der Waals surface area contributed by atoms with Crippen LogP contribution < -0.4 is 0 Å². The van der Waals surface area contributed by atoms with Crippen LogP contribution in [-0.4, -0.2) is 19.1 Å². The molecule has 0 saturated heterocycles. The van der Waals surface area contributed by atoms with Crippen molar-refractivity contribution in [2.75, 3.05) is 0 Å². The molecule has 12 rings (SSSR count). The quantitative estimate of drug-likeness (QED) is 0.165. The number of rotatable bonds is 0. The van der Waals surface area contributed by atoms with E-state index in [0.29, 0.717) is 87.1 Å². The number of hydrogen-bond acceptors (Lipinski definition) is 4. The van der Waals surface area contributed by atoms with Gasteiger partial charge in [-0.3, -0.25) is 0 Å². The van der Waals surface area contributed by atoms with E-state index in [-0.39, 0.29) is 0 Å².